The van der Waals surface area contributed by atoms with Gasteiger partial charge >= 0.3 is 0 Å². The summed E-state index contributed by atoms with van der Waals surface area (Å²) in [4.78, 5) is 14.9. The summed E-state index contributed by atoms with van der Waals surface area (Å²) in [5, 5.41) is 13.6. The van der Waals surface area contributed by atoms with E-state index in [0.717, 1.165) is 41.0 Å². The molecule has 0 radical (unpaired) electrons. The number of aromatic nitrogens is 2. The molecule has 1 aliphatic rings. The maximum atomic E-state index is 12.8. The topological polar surface area (TPSA) is 61.9 Å². The molecule has 0 atom stereocenters. The molecule has 4 rings (SSSR count). The molecule has 0 spiro atoms. The highest BCUT2D eigenvalue weighted by Crippen LogP contribution is 2.29. The Morgan fingerprint density at radius 2 is 1.92 bits per heavy atom. The van der Waals surface area contributed by atoms with Crippen molar-refractivity contribution >= 4 is 21.6 Å². The molecule has 0 saturated carbocycles. The Bertz CT molecular complexity index is 1070. The number of halogens is 1. The van der Waals surface area contributed by atoms with Crippen LogP contribution in [0.5, 0.6) is 0 Å². The maximum Gasteiger partial charge on any atom is 0.287 e. The number of fused-ring (bicyclic) bond motifs is 1. The molecule has 3 aromatic rings. The fourth-order valence-electron chi connectivity index (χ4n) is 3.32. The average molecular weight is 407 g/mol. The van der Waals surface area contributed by atoms with E-state index >= 15 is 0 Å². The van der Waals surface area contributed by atoms with Crippen molar-refractivity contribution in [2.24, 2.45) is 0 Å². The zero-order valence-electron chi connectivity index (χ0n) is 13.9. The fourth-order valence-corrected chi connectivity index (χ4v) is 3.84. The predicted octanol–water partition coefficient (Wildman–Crippen LogP) is 3.43. The van der Waals surface area contributed by atoms with Gasteiger partial charge in [0.1, 0.15) is 4.47 Å². The summed E-state index contributed by atoms with van der Waals surface area (Å²) >= 11 is 3.46. The van der Waals surface area contributed by atoms with E-state index in [-0.39, 0.29) is 5.56 Å². The maximum absolute atomic E-state index is 12.8. The molecule has 2 heterocycles. The molecule has 1 aliphatic heterocycles. The lowest BCUT2D eigenvalue weighted by Gasteiger charge is -2.31. The molecule has 0 N–H and O–H groups in total. The van der Waals surface area contributed by atoms with Gasteiger partial charge in [0, 0.05) is 13.1 Å². The molecular weight excluding hydrogens is 392 g/mol. The lowest BCUT2D eigenvalue weighted by atomic mass is 9.95. The van der Waals surface area contributed by atoms with Crippen molar-refractivity contribution in [2.75, 3.05) is 11.4 Å². The van der Waals surface area contributed by atoms with E-state index in [9.17, 15) is 10.1 Å². The fraction of sp³-hybridized carbons (Fsp3) is 0.150. The third-order valence-corrected chi connectivity index (χ3v) is 5.37. The summed E-state index contributed by atoms with van der Waals surface area (Å²) < 4.78 is 1.88. The van der Waals surface area contributed by atoms with Crippen LogP contribution in [0.2, 0.25) is 0 Å². The second-order valence-electron chi connectivity index (χ2n) is 6.12. The second kappa shape index (κ2) is 6.77. The molecule has 0 saturated heterocycles. The van der Waals surface area contributed by atoms with Crippen LogP contribution in [0.15, 0.2) is 64.0 Å². The largest absolute Gasteiger partial charge is 0.364 e. The molecular formula is C20H15BrN4O. The van der Waals surface area contributed by atoms with Crippen LogP contribution in [0.25, 0.3) is 5.69 Å². The monoisotopic (exact) mass is 406 g/mol. The van der Waals surface area contributed by atoms with Crippen molar-refractivity contribution in [3.05, 3.63) is 86.2 Å². The van der Waals surface area contributed by atoms with Crippen molar-refractivity contribution in [2.45, 2.75) is 13.0 Å². The standard InChI is InChI=1S/C20H15BrN4O/c21-19-18(12-23-25(20(19)26)16-7-2-1-3-8-16)24-10-9-17-14(11-22)5-4-6-15(17)13-24/h1-8,12H,9-10,13H2. The Morgan fingerprint density at radius 1 is 1.12 bits per heavy atom. The van der Waals surface area contributed by atoms with Gasteiger partial charge in [0.15, 0.2) is 0 Å². The SMILES string of the molecule is N#Cc1cccc2c1CCN(c1cnn(-c3ccccc3)c(=O)c1Br)C2. The summed E-state index contributed by atoms with van der Waals surface area (Å²) in [5.41, 5.74) is 4.27. The van der Waals surface area contributed by atoms with E-state index in [0.29, 0.717) is 11.0 Å². The van der Waals surface area contributed by atoms with Gasteiger partial charge in [-0.25, -0.2) is 0 Å². The zero-order valence-corrected chi connectivity index (χ0v) is 15.5. The van der Waals surface area contributed by atoms with Crippen LogP contribution in [-0.2, 0) is 13.0 Å². The number of nitriles is 1. The predicted molar refractivity (Wildman–Crippen MR) is 103 cm³/mol. The Morgan fingerprint density at radius 3 is 2.69 bits per heavy atom. The van der Waals surface area contributed by atoms with Crippen LogP contribution in [0.3, 0.4) is 0 Å². The third kappa shape index (κ3) is 2.80. The van der Waals surface area contributed by atoms with Gasteiger partial charge in [-0.3, -0.25) is 4.79 Å². The highest BCUT2D eigenvalue weighted by atomic mass is 79.9. The van der Waals surface area contributed by atoms with Gasteiger partial charge in [-0.05, 0) is 51.7 Å². The molecule has 6 heteroatoms. The van der Waals surface area contributed by atoms with E-state index in [1.807, 2.05) is 48.5 Å². The van der Waals surface area contributed by atoms with Crippen molar-refractivity contribution in [3.63, 3.8) is 0 Å². The second-order valence-corrected chi connectivity index (χ2v) is 6.92. The highest BCUT2D eigenvalue weighted by Gasteiger charge is 2.22. The van der Waals surface area contributed by atoms with Crippen LogP contribution < -0.4 is 10.5 Å². The van der Waals surface area contributed by atoms with Gasteiger partial charge in [-0.2, -0.15) is 15.0 Å². The van der Waals surface area contributed by atoms with Crippen LogP contribution in [-0.4, -0.2) is 16.3 Å². The summed E-state index contributed by atoms with van der Waals surface area (Å²) in [5.74, 6) is 0. The minimum atomic E-state index is -0.190. The first-order valence-electron chi connectivity index (χ1n) is 8.28. The molecule has 0 bridgehead atoms. The van der Waals surface area contributed by atoms with E-state index in [1.54, 1.807) is 6.20 Å². The quantitative estimate of drug-likeness (QED) is 0.653. The molecule has 26 heavy (non-hydrogen) atoms. The number of para-hydroxylation sites is 1. The first-order valence-corrected chi connectivity index (χ1v) is 9.07. The molecule has 5 nitrogen and oxygen atoms in total. The van der Waals surface area contributed by atoms with Gasteiger partial charge in [-0.1, -0.05) is 30.3 Å². The van der Waals surface area contributed by atoms with E-state index in [4.69, 9.17) is 0 Å². The molecule has 0 fully saturated rings. The number of hydrogen-bond donors (Lipinski definition) is 0. The summed E-state index contributed by atoms with van der Waals surface area (Å²) in [6.45, 7) is 1.39. The first kappa shape index (κ1) is 16.6. The lowest BCUT2D eigenvalue weighted by molar-refractivity contribution is 0.713. The average Bonchev–Trinajstić information content (AvgIpc) is 2.69. The van der Waals surface area contributed by atoms with Crippen LogP contribution in [0.1, 0.15) is 16.7 Å². The minimum absolute atomic E-state index is 0.190. The minimum Gasteiger partial charge on any atom is -0.364 e. The van der Waals surface area contributed by atoms with E-state index < -0.39 is 0 Å². The normalized spacial score (nSPS) is 13.2. The summed E-state index contributed by atoms with van der Waals surface area (Å²) in [6, 6.07) is 17.4. The Balaban J connectivity index is 1.71. The Hall–Kier alpha value is -2.91. The molecule has 2 aromatic carbocycles. The van der Waals surface area contributed by atoms with Crippen LogP contribution in [0.4, 0.5) is 5.69 Å². The molecule has 128 valence electrons. The number of hydrogen-bond acceptors (Lipinski definition) is 4. The van der Waals surface area contributed by atoms with Crippen LogP contribution in [0, 0.1) is 11.3 Å². The van der Waals surface area contributed by atoms with Gasteiger partial charge in [-0.15, -0.1) is 0 Å². The number of anilines is 1. The Kier molecular flexibility index (Phi) is 4.31. The van der Waals surface area contributed by atoms with Crippen molar-refractivity contribution < 1.29 is 0 Å². The smallest absolute Gasteiger partial charge is 0.287 e. The lowest BCUT2D eigenvalue weighted by Crippen LogP contribution is -2.33. The van der Waals surface area contributed by atoms with Crippen molar-refractivity contribution in [1.82, 2.24) is 9.78 Å². The van der Waals surface area contributed by atoms with Crippen molar-refractivity contribution in [3.8, 4) is 11.8 Å². The highest BCUT2D eigenvalue weighted by molar-refractivity contribution is 9.10. The zero-order chi connectivity index (χ0) is 18.1. The van der Waals surface area contributed by atoms with E-state index in [1.165, 1.54) is 4.68 Å². The molecule has 0 aliphatic carbocycles. The summed E-state index contributed by atoms with van der Waals surface area (Å²) in [7, 11) is 0. The molecule has 0 unspecified atom stereocenters. The number of benzene rings is 2. The van der Waals surface area contributed by atoms with Gasteiger partial charge in [0.05, 0.1) is 29.2 Å². The van der Waals surface area contributed by atoms with Crippen LogP contribution >= 0.6 is 15.9 Å². The van der Waals surface area contributed by atoms with Gasteiger partial charge < -0.3 is 4.90 Å². The van der Waals surface area contributed by atoms with Crippen molar-refractivity contribution in [1.29, 1.82) is 5.26 Å². The van der Waals surface area contributed by atoms with Gasteiger partial charge in [0.25, 0.3) is 5.56 Å². The first-order chi connectivity index (χ1) is 12.7. The molecule has 1 aromatic heterocycles. The number of nitrogens with zero attached hydrogens (tertiary/aromatic N) is 4. The third-order valence-electron chi connectivity index (χ3n) is 4.63. The summed E-state index contributed by atoms with van der Waals surface area (Å²) in [6.07, 6.45) is 2.49. The van der Waals surface area contributed by atoms with E-state index in [2.05, 4.69) is 32.0 Å². The van der Waals surface area contributed by atoms with Gasteiger partial charge in [0.2, 0.25) is 0 Å². The number of rotatable bonds is 2. The Labute approximate surface area is 159 Å². The molecule has 0 amide bonds.